The van der Waals surface area contributed by atoms with E-state index in [-0.39, 0.29) is 5.75 Å². The molecule has 5 rings (SSSR count). The molecule has 1 unspecified atom stereocenters. The molecule has 7 nitrogen and oxygen atoms in total. The fraction of sp³-hybridized carbons (Fsp3) is 0.267. The van der Waals surface area contributed by atoms with Gasteiger partial charge in [0.05, 0.1) is 25.1 Å². The summed E-state index contributed by atoms with van der Waals surface area (Å²) in [4.78, 5) is 9.52. The van der Waals surface area contributed by atoms with E-state index in [2.05, 4.69) is 10.6 Å². The molecule has 0 bridgehead atoms. The van der Waals surface area contributed by atoms with Gasteiger partial charge in [0.15, 0.2) is 0 Å². The minimum absolute atomic E-state index is 0.212. The standard InChI is InChI=1S/C30H32N4O3/c1-36-26-13-7-22(8-14-26)29-20-28(21-5-11-25(35)12-6-21)33-30(34-29)32-24-9-15-27(16-10-24)37-19-17-23-4-2-3-18-31-23/h5-16,20,23,31,35H,2-4,17-19H2,1H3,(H,32,33,34). The number of ether oxygens (including phenoxy) is 2. The molecule has 0 saturated carbocycles. The number of benzene rings is 3. The summed E-state index contributed by atoms with van der Waals surface area (Å²) < 4.78 is 11.3. The van der Waals surface area contributed by atoms with E-state index in [4.69, 9.17) is 19.4 Å². The van der Waals surface area contributed by atoms with Crippen LogP contribution in [-0.4, -0.2) is 41.4 Å². The summed E-state index contributed by atoms with van der Waals surface area (Å²) in [6, 6.07) is 25.1. The van der Waals surface area contributed by atoms with Crippen LogP contribution in [0.2, 0.25) is 0 Å². The number of anilines is 2. The molecular formula is C30H32N4O3. The minimum Gasteiger partial charge on any atom is -0.508 e. The van der Waals surface area contributed by atoms with Crippen molar-refractivity contribution in [3.05, 3.63) is 78.9 Å². The van der Waals surface area contributed by atoms with Crippen LogP contribution in [0.3, 0.4) is 0 Å². The fourth-order valence-corrected chi connectivity index (χ4v) is 4.45. The van der Waals surface area contributed by atoms with Crippen LogP contribution in [0, 0.1) is 0 Å². The number of methoxy groups -OCH3 is 1. The molecule has 0 spiro atoms. The van der Waals surface area contributed by atoms with Crippen molar-refractivity contribution >= 4 is 11.6 Å². The van der Waals surface area contributed by atoms with Crippen LogP contribution in [0.25, 0.3) is 22.5 Å². The normalized spacial score (nSPS) is 15.2. The van der Waals surface area contributed by atoms with Crippen LogP contribution in [-0.2, 0) is 0 Å². The molecule has 3 N–H and O–H groups in total. The molecule has 0 radical (unpaired) electrons. The van der Waals surface area contributed by atoms with Crippen LogP contribution in [0.1, 0.15) is 25.7 Å². The molecule has 1 saturated heterocycles. The van der Waals surface area contributed by atoms with Gasteiger partial charge in [-0.3, -0.25) is 0 Å². The number of nitrogens with one attached hydrogen (secondary N) is 2. The number of hydrogen-bond donors (Lipinski definition) is 3. The highest BCUT2D eigenvalue weighted by atomic mass is 16.5. The summed E-state index contributed by atoms with van der Waals surface area (Å²) >= 11 is 0. The average Bonchev–Trinajstić information content (AvgIpc) is 2.95. The first-order valence-electron chi connectivity index (χ1n) is 12.7. The second-order valence-corrected chi connectivity index (χ2v) is 9.17. The first-order valence-corrected chi connectivity index (χ1v) is 12.7. The summed E-state index contributed by atoms with van der Waals surface area (Å²) in [5.74, 6) is 2.32. The Morgan fingerprint density at radius 2 is 1.51 bits per heavy atom. The van der Waals surface area contributed by atoms with E-state index in [1.165, 1.54) is 19.3 Å². The predicted molar refractivity (Wildman–Crippen MR) is 147 cm³/mol. The Morgan fingerprint density at radius 1 is 0.865 bits per heavy atom. The van der Waals surface area contributed by atoms with Gasteiger partial charge < -0.3 is 25.2 Å². The topological polar surface area (TPSA) is 88.5 Å². The van der Waals surface area contributed by atoms with Crippen LogP contribution >= 0.6 is 0 Å². The Labute approximate surface area is 217 Å². The van der Waals surface area contributed by atoms with Crippen LogP contribution in [0.15, 0.2) is 78.9 Å². The smallest absolute Gasteiger partial charge is 0.228 e. The van der Waals surface area contributed by atoms with Crippen molar-refractivity contribution in [3.63, 3.8) is 0 Å². The van der Waals surface area contributed by atoms with Gasteiger partial charge in [0.25, 0.3) is 0 Å². The monoisotopic (exact) mass is 496 g/mol. The van der Waals surface area contributed by atoms with E-state index in [1.54, 1.807) is 19.2 Å². The first kappa shape index (κ1) is 24.6. The maximum atomic E-state index is 9.71. The highest BCUT2D eigenvalue weighted by Crippen LogP contribution is 2.29. The van der Waals surface area contributed by atoms with Gasteiger partial charge >= 0.3 is 0 Å². The Kier molecular flexibility index (Phi) is 7.81. The van der Waals surface area contributed by atoms with E-state index < -0.39 is 0 Å². The van der Waals surface area contributed by atoms with Gasteiger partial charge in [0.1, 0.15) is 17.2 Å². The second-order valence-electron chi connectivity index (χ2n) is 9.17. The lowest BCUT2D eigenvalue weighted by Gasteiger charge is -2.23. The first-order chi connectivity index (χ1) is 18.2. The number of phenolic OH excluding ortho intramolecular Hbond substituents is 1. The maximum absolute atomic E-state index is 9.71. The summed E-state index contributed by atoms with van der Waals surface area (Å²) in [5.41, 5.74) is 4.22. The summed E-state index contributed by atoms with van der Waals surface area (Å²) in [7, 11) is 1.65. The van der Waals surface area contributed by atoms with E-state index in [9.17, 15) is 5.11 Å². The quantitative estimate of drug-likeness (QED) is 0.255. The highest BCUT2D eigenvalue weighted by molar-refractivity contribution is 5.71. The van der Waals surface area contributed by atoms with E-state index in [0.717, 1.165) is 52.7 Å². The molecule has 0 aliphatic carbocycles. The largest absolute Gasteiger partial charge is 0.508 e. The molecule has 1 fully saturated rings. The number of phenols is 1. The third kappa shape index (κ3) is 6.57. The van der Waals surface area contributed by atoms with Gasteiger partial charge in [-0.2, -0.15) is 0 Å². The Bertz CT molecular complexity index is 1290. The Morgan fingerprint density at radius 3 is 2.14 bits per heavy atom. The highest BCUT2D eigenvalue weighted by Gasteiger charge is 2.13. The Balaban J connectivity index is 1.33. The number of hydrogen-bond acceptors (Lipinski definition) is 7. The predicted octanol–water partition coefficient (Wildman–Crippen LogP) is 6.18. The third-order valence-corrected chi connectivity index (χ3v) is 6.53. The van der Waals surface area contributed by atoms with Gasteiger partial charge in [-0.1, -0.05) is 6.42 Å². The molecule has 190 valence electrons. The number of aromatic nitrogens is 2. The minimum atomic E-state index is 0.212. The molecule has 1 aliphatic rings. The molecule has 37 heavy (non-hydrogen) atoms. The zero-order chi connectivity index (χ0) is 25.5. The van der Waals surface area contributed by atoms with E-state index in [1.807, 2.05) is 66.7 Å². The number of nitrogens with zero attached hydrogens (tertiary/aromatic N) is 2. The van der Waals surface area contributed by atoms with E-state index >= 15 is 0 Å². The maximum Gasteiger partial charge on any atom is 0.228 e. The van der Waals surface area contributed by atoms with Crippen LogP contribution in [0.5, 0.6) is 17.2 Å². The van der Waals surface area contributed by atoms with Crippen molar-refractivity contribution in [2.75, 3.05) is 25.6 Å². The number of aromatic hydroxyl groups is 1. The van der Waals surface area contributed by atoms with Crippen molar-refractivity contribution in [2.45, 2.75) is 31.7 Å². The van der Waals surface area contributed by atoms with E-state index in [0.29, 0.717) is 18.6 Å². The molecule has 4 aromatic rings. The van der Waals surface area contributed by atoms with Crippen molar-refractivity contribution < 1.29 is 14.6 Å². The summed E-state index contributed by atoms with van der Waals surface area (Å²) in [6.07, 6.45) is 4.82. The average molecular weight is 497 g/mol. The van der Waals surface area contributed by atoms with Gasteiger partial charge in [-0.15, -0.1) is 0 Å². The molecule has 1 aliphatic heterocycles. The molecule has 7 heteroatoms. The van der Waals surface area contributed by atoms with Crippen molar-refractivity contribution in [3.8, 4) is 39.8 Å². The summed E-state index contributed by atoms with van der Waals surface area (Å²) in [6.45, 7) is 1.81. The van der Waals surface area contributed by atoms with Gasteiger partial charge in [-0.25, -0.2) is 9.97 Å². The van der Waals surface area contributed by atoms with Gasteiger partial charge in [0.2, 0.25) is 5.95 Å². The van der Waals surface area contributed by atoms with Crippen molar-refractivity contribution in [2.24, 2.45) is 0 Å². The van der Waals surface area contributed by atoms with Crippen molar-refractivity contribution in [1.82, 2.24) is 15.3 Å². The van der Waals surface area contributed by atoms with Gasteiger partial charge in [0, 0.05) is 22.9 Å². The molecule has 3 aromatic carbocycles. The molecule has 2 heterocycles. The Hall–Kier alpha value is -4.10. The molecule has 1 aromatic heterocycles. The zero-order valence-corrected chi connectivity index (χ0v) is 21.0. The second kappa shape index (κ2) is 11.8. The fourth-order valence-electron chi connectivity index (χ4n) is 4.45. The van der Waals surface area contributed by atoms with Crippen LogP contribution in [0.4, 0.5) is 11.6 Å². The van der Waals surface area contributed by atoms with Crippen LogP contribution < -0.4 is 20.1 Å². The molecule has 1 atom stereocenters. The molecule has 0 amide bonds. The SMILES string of the molecule is COc1ccc(-c2cc(-c3ccc(O)cc3)nc(Nc3ccc(OCCC4CCCCN4)cc3)n2)cc1. The van der Waals surface area contributed by atoms with Crippen molar-refractivity contribution in [1.29, 1.82) is 0 Å². The summed E-state index contributed by atoms with van der Waals surface area (Å²) in [5, 5.41) is 16.6. The lowest BCUT2D eigenvalue weighted by molar-refractivity contribution is 0.268. The zero-order valence-electron chi connectivity index (χ0n) is 21.0. The van der Waals surface area contributed by atoms with Gasteiger partial charge in [-0.05, 0) is 105 Å². The number of piperidine rings is 1. The lowest BCUT2D eigenvalue weighted by atomic mass is 10.0. The third-order valence-electron chi connectivity index (χ3n) is 6.53. The number of rotatable bonds is 9. The molecular weight excluding hydrogens is 464 g/mol. The lowest BCUT2D eigenvalue weighted by Crippen LogP contribution is -2.35.